The average molecular weight is 500 g/mol. The molecule has 3 aromatic rings. The summed E-state index contributed by atoms with van der Waals surface area (Å²) in [5.74, 6) is -1.37. The number of cyclic esters (lactones) is 1. The Morgan fingerprint density at radius 2 is 2.00 bits per heavy atom. The zero-order valence-electron chi connectivity index (χ0n) is 18.6. The summed E-state index contributed by atoms with van der Waals surface area (Å²) in [6.45, 7) is -0.752. The molecule has 1 amide bonds. The van der Waals surface area contributed by atoms with E-state index in [1.165, 1.54) is 41.5 Å². The fourth-order valence-corrected chi connectivity index (χ4v) is 4.00. The second-order valence-electron chi connectivity index (χ2n) is 8.10. The number of nitrogens with two attached hydrogens (primary N) is 1. The molecule has 2 aromatic heterocycles. The topological polar surface area (TPSA) is 184 Å². The number of rotatable bonds is 7. The number of hydrogen-bond acceptors (Lipinski definition) is 11. The van der Waals surface area contributed by atoms with Gasteiger partial charge in [0, 0.05) is 6.54 Å². The molecule has 0 saturated carbocycles. The molecule has 36 heavy (non-hydrogen) atoms. The molecule has 0 radical (unpaired) electrons. The number of fused-ring (bicyclic) bond motifs is 1. The van der Waals surface area contributed by atoms with Crippen molar-refractivity contribution in [1.29, 1.82) is 0 Å². The van der Waals surface area contributed by atoms with Gasteiger partial charge in [0.2, 0.25) is 0 Å². The van der Waals surface area contributed by atoms with Gasteiger partial charge >= 0.3 is 5.97 Å². The molecule has 1 fully saturated rings. The Morgan fingerprint density at radius 1 is 1.22 bits per heavy atom. The van der Waals surface area contributed by atoms with E-state index in [9.17, 15) is 24.2 Å². The maximum absolute atomic E-state index is 13.2. The standard InChI is InChI=1S/C22H21FN6O7/c23-11-3-1-10(2-4-11)15-13(6-35-22(15)33)34-7-14(30)25-5-12-17(31)18(32)21(36-12)29-9-28-16-19(24)26-8-27-20(16)29/h1-4,8-9,12,17-18,21,31-32H,5-7H2,(H,25,30)(H2,24,26,27)/t12-,17-,18-,21-/m1/s1. The zero-order chi connectivity index (χ0) is 25.4. The smallest absolute Gasteiger partial charge is 0.342 e. The van der Waals surface area contributed by atoms with Crippen molar-refractivity contribution in [2.24, 2.45) is 0 Å². The molecular formula is C22H21FN6O7. The van der Waals surface area contributed by atoms with Gasteiger partial charge in [0.25, 0.3) is 5.91 Å². The van der Waals surface area contributed by atoms with E-state index in [4.69, 9.17) is 19.9 Å². The van der Waals surface area contributed by atoms with Gasteiger partial charge in [-0.25, -0.2) is 24.1 Å². The van der Waals surface area contributed by atoms with E-state index in [0.29, 0.717) is 16.7 Å². The first-order valence-electron chi connectivity index (χ1n) is 10.8. The van der Waals surface area contributed by atoms with Crippen LogP contribution in [0.15, 0.2) is 42.7 Å². The SMILES string of the molecule is Nc1ncnc2c1ncn2[C@@H]1O[C@H](CNC(=O)COC2=C(c3ccc(F)cc3)C(=O)OC2)[C@@H](O)[C@H]1O. The first-order valence-corrected chi connectivity index (χ1v) is 10.8. The number of anilines is 1. The number of nitrogens with one attached hydrogen (secondary N) is 1. The second-order valence-corrected chi connectivity index (χ2v) is 8.10. The van der Waals surface area contributed by atoms with Crippen molar-refractivity contribution in [3.8, 4) is 0 Å². The van der Waals surface area contributed by atoms with E-state index < -0.39 is 48.8 Å². The molecule has 13 nitrogen and oxygen atoms in total. The number of nitrogens with zero attached hydrogens (tertiary/aromatic N) is 4. The Hall–Kier alpha value is -4.14. The van der Waals surface area contributed by atoms with Crippen LogP contribution in [-0.4, -0.2) is 79.7 Å². The number of aliphatic hydroxyl groups is 2. The number of ether oxygens (including phenoxy) is 3. The normalized spacial score (nSPS) is 23.8. The van der Waals surface area contributed by atoms with Crippen molar-refractivity contribution in [3.05, 3.63) is 54.1 Å². The molecule has 2 aliphatic heterocycles. The van der Waals surface area contributed by atoms with E-state index in [-0.39, 0.29) is 30.3 Å². The maximum atomic E-state index is 13.2. The summed E-state index contributed by atoms with van der Waals surface area (Å²) in [4.78, 5) is 36.5. The van der Waals surface area contributed by atoms with Crippen molar-refractivity contribution >= 4 is 34.4 Å². The fraction of sp³-hybridized carbons (Fsp3) is 0.318. The minimum absolute atomic E-state index is 0.111. The van der Waals surface area contributed by atoms with Crippen LogP contribution in [0.1, 0.15) is 11.8 Å². The van der Waals surface area contributed by atoms with Crippen LogP contribution in [0.2, 0.25) is 0 Å². The molecule has 188 valence electrons. The van der Waals surface area contributed by atoms with E-state index in [2.05, 4.69) is 20.3 Å². The Kier molecular flexibility index (Phi) is 6.22. The molecule has 0 unspecified atom stereocenters. The highest BCUT2D eigenvalue weighted by atomic mass is 19.1. The molecule has 0 spiro atoms. The highest BCUT2D eigenvalue weighted by molar-refractivity contribution is 6.18. The van der Waals surface area contributed by atoms with Gasteiger partial charge < -0.3 is 35.5 Å². The van der Waals surface area contributed by atoms with E-state index in [0.717, 1.165) is 0 Å². The summed E-state index contributed by atoms with van der Waals surface area (Å²) < 4.78 is 30.8. The fourth-order valence-electron chi connectivity index (χ4n) is 4.00. The quantitative estimate of drug-likeness (QED) is 0.300. The predicted molar refractivity (Wildman–Crippen MR) is 119 cm³/mol. The van der Waals surface area contributed by atoms with E-state index in [1.54, 1.807) is 0 Å². The van der Waals surface area contributed by atoms with Gasteiger partial charge in [-0.15, -0.1) is 0 Å². The van der Waals surface area contributed by atoms with Crippen molar-refractivity contribution in [3.63, 3.8) is 0 Å². The number of benzene rings is 1. The molecule has 1 aromatic carbocycles. The monoisotopic (exact) mass is 500 g/mol. The van der Waals surface area contributed by atoms with Gasteiger partial charge in [0.1, 0.15) is 53.9 Å². The number of halogens is 1. The average Bonchev–Trinajstić information content (AvgIpc) is 3.54. The summed E-state index contributed by atoms with van der Waals surface area (Å²) in [5.41, 5.74) is 6.93. The number of amides is 1. The lowest BCUT2D eigenvalue weighted by Gasteiger charge is -2.16. The summed E-state index contributed by atoms with van der Waals surface area (Å²) in [5, 5.41) is 23.5. The first-order chi connectivity index (χ1) is 17.3. The maximum Gasteiger partial charge on any atom is 0.342 e. The summed E-state index contributed by atoms with van der Waals surface area (Å²) in [6, 6.07) is 5.21. The number of nitrogen functional groups attached to an aromatic ring is 1. The van der Waals surface area contributed by atoms with Gasteiger partial charge in [-0.3, -0.25) is 9.36 Å². The molecule has 1 saturated heterocycles. The van der Waals surface area contributed by atoms with Gasteiger partial charge in [0.05, 0.1) is 6.33 Å². The van der Waals surface area contributed by atoms with E-state index >= 15 is 0 Å². The third kappa shape index (κ3) is 4.32. The van der Waals surface area contributed by atoms with Crippen LogP contribution < -0.4 is 11.1 Å². The molecule has 0 aliphatic carbocycles. The van der Waals surface area contributed by atoms with E-state index in [1.807, 2.05) is 0 Å². The molecule has 4 atom stereocenters. The molecule has 4 heterocycles. The Labute approximate surface area is 202 Å². The molecule has 2 aliphatic rings. The predicted octanol–water partition coefficient (Wildman–Crippen LogP) is -0.732. The second kappa shape index (κ2) is 9.49. The first kappa shape index (κ1) is 23.6. The Morgan fingerprint density at radius 3 is 2.78 bits per heavy atom. The molecule has 0 bridgehead atoms. The largest absolute Gasteiger partial charge is 0.484 e. The number of imidazole rings is 1. The lowest BCUT2D eigenvalue weighted by atomic mass is 10.1. The minimum atomic E-state index is -1.33. The third-order valence-corrected chi connectivity index (χ3v) is 5.83. The molecule has 5 rings (SSSR count). The number of carbonyl (C=O) groups is 2. The molecule has 5 N–H and O–H groups in total. The minimum Gasteiger partial charge on any atom is -0.484 e. The van der Waals surface area contributed by atoms with Crippen LogP contribution in [0.3, 0.4) is 0 Å². The molecular weight excluding hydrogens is 479 g/mol. The Balaban J connectivity index is 1.20. The lowest BCUT2D eigenvalue weighted by Crippen LogP contribution is -2.40. The number of aromatic nitrogens is 4. The summed E-state index contributed by atoms with van der Waals surface area (Å²) in [7, 11) is 0. The Bertz CT molecular complexity index is 1340. The number of esters is 1. The van der Waals surface area contributed by atoms with Crippen molar-refractivity contribution < 1.29 is 38.4 Å². The van der Waals surface area contributed by atoms with Gasteiger partial charge in [0.15, 0.2) is 24.3 Å². The number of carbonyl (C=O) groups excluding carboxylic acids is 2. The number of hydrogen-bond donors (Lipinski definition) is 4. The van der Waals surface area contributed by atoms with Crippen molar-refractivity contribution in [1.82, 2.24) is 24.8 Å². The lowest BCUT2D eigenvalue weighted by molar-refractivity contribution is -0.134. The van der Waals surface area contributed by atoms with Crippen LogP contribution in [0.5, 0.6) is 0 Å². The molecule has 14 heteroatoms. The third-order valence-electron chi connectivity index (χ3n) is 5.83. The van der Waals surface area contributed by atoms with Crippen LogP contribution in [0.4, 0.5) is 10.2 Å². The summed E-state index contributed by atoms with van der Waals surface area (Å²) in [6.07, 6.45) is -2.02. The van der Waals surface area contributed by atoms with Gasteiger partial charge in [-0.05, 0) is 17.7 Å². The number of aliphatic hydroxyl groups excluding tert-OH is 2. The van der Waals surface area contributed by atoms with Crippen LogP contribution in [0.25, 0.3) is 16.7 Å². The highest BCUT2D eigenvalue weighted by Gasteiger charge is 2.44. The van der Waals surface area contributed by atoms with Crippen LogP contribution in [0, 0.1) is 5.82 Å². The van der Waals surface area contributed by atoms with Gasteiger partial charge in [-0.2, -0.15) is 0 Å². The van der Waals surface area contributed by atoms with Crippen molar-refractivity contribution in [2.75, 3.05) is 25.5 Å². The van der Waals surface area contributed by atoms with Crippen LogP contribution in [-0.2, 0) is 23.8 Å². The summed E-state index contributed by atoms with van der Waals surface area (Å²) >= 11 is 0. The van der Waals surface area contributed by atoms with Gasteiger partial charge in [-0.1, -0.05) is 12.1 Å². The zero-order valence-corrected chi connectivity index (χ0v) is 18.6. The van der Waals surface area contributed by atoms with Crippen molar-refractivity contribution in [2.45, 2.75) is 24.5 Å². The van der Waals surface area contributed by atoms with Crippen LogP contribution >= 0.6 is 0 Å². The highest BCUT2D eigenvalue weighted by Crippen LogP contribution is 2.32.